The highest BCUT2D eigenvalue weighted by Gasteiger charge is 2.04. The first kappa shape index (κ1) is 17.6. The van der Waals surface area contributed by atoms with Gasteiger partial charge in [-0.15, -0.1) is 0 Å². The van der Waals surface area contributed by atoms with Gasteiger partial charge in [0, 0.05) is 19.1 Å². The van der Waals surface area contributed by atoms with Crippen LogP contribution in [0.1, 0.15) is 52.4 Å². The van der Waals surface area contributed by atoms with Crippen molar-refractivity contribution in [2.75, 3.05) is 26.3 Å². The number of ether oxygens (including phenoxy) is 1. The molecule has 0 aliphatic carbocycles. The van der Waals surface area contributed by atoms with Crippen LogP contribution in [0.4, 0.5) is 0 Å². The molecule has 0 aliphatic rings. The van der Waals surface area contributed by atoms with Crippen LogP contribution in [-0.4, -0.2) is 32.3 Å². The Morgan fingerprint density at radius 2 is 2.00 bits per heavy atom. The van der Waals surface area contributed by atoms with E-state index < -0.39 is 0 Å². The fourth-order valence-electron chi connectivity index (χ4n) is 1.88. The first-order valence-corrected chi connectivity index (χ1v) is 7.36. The predicted octanol–water partition coefficient (Wildman–Crippen LogP) is 2.86. The minimum atomic E-state index is 0.444. The molecule has 0 aromatic heterocycles. The van der Waals surface area contributed by atoms with Crippen molar-refractivity contribution in [3.8, 4) is 0 Å². The van der Waals surface area contributed by atoms with Crippen molar-refractivity contribution in [3.63, 3.8) is 0 Å². The highest BCUT2D eigenvalue weighted by atomic mass is 16.5. The van der Waals surface area contributed by atoms with Crippen LogP contribution >= 0.6 is 0 Å². The second-order valence-corrected chi connectivity index (χ2v) is 5.10. The first-order chi connectivity index (χ1) is 8.70. The highest BCUT2D eigenvalue weighted by Crippen LogP contribution is 2.06. The Bertz CT molecular complexity index is 195. The zero-order valence-electron chi connectivity index (χ0n) is 12.3. The quantitative estimate of drug-likeness (QED) is 0.393. The largest absolute Gasteiger partial charge is 0.376 e. The Balaban J connectivity index is 3.37. The van der Waals surface area contributed by atoms with Gasteiger partial charge in [0.15, 0.2) is 0 Å². The van der Waals surface area contributed by atoms with Crippen LogP contribution in [0.5, 0.6) is 0 Å². The van der Waals surface area contributed by atoms with E-state index in [0.717, 1.165) is 18.7 Å². The van der Waals surface area contributed by atoms with Crippen LogP contribution in [0.2, 0.25) is 0 Å². The SMILES string of the molecule is C=C(C)COCCNC(CN)CCCCCCC. The second kappa shape index (κ2) is 13.1. The van der Waals surface area contributed by atoms with Crippen molar-refractivity contribution in [2.24, 2.45) is 5.73 Å². The van der Waals surface area contributed by atoms with Gasteiger partial charge in [0.05, 0.1) is 13.2 Å². The first-order valence-electron chi connectivity index (χ1n) is 7.36. The summed E-state index contributed by atoms with van der Waals surface area (Å²) in [5.74, 6) is 0. The molecule has 18 heavy (non-hydrogen) atoms. The molecule has 0 radical (unpaired) electrons. The van der Waals surface area contributed by atoms with Crippen LogP contribution in [-0.2, 0) is 4.74 Å². The minimum absolute atomic E-state index is 0.444. The summed E-state index contributed by atoms with van der Waals surface area (Å²) in [5, 5.41) is 3.45. The van der Waals surface area contributed by atoms with Gasteiger partial charge in [-0.25, -0.2) is 0 Å². The van der Waals surface area contributed by atoms with Gasteiger partial charge in [0.1, 0.15) is 0 Å². The summed E-state index contributed by atoms with van der Waals surface area (Å²) < 4.78 is 5.44. The molecule has 3 heteroatoms. The molecule has 3 nitrogen and oxygen atoms in total. The summed E-state index contributed by atoms with van der Waals surface area (Å²) in [4.78, 5) is 0. The molecule has 1 unspecified atom stereocenters. The third-order valence-electron chi connectivity index (χ3n) is 2.97. The summed E-state index contributed by atoms with van der Waals surface area (Å²) in [6.07, 6.45) is 7.81. The van der Waals surface area contributed by atoms with Gasteiger partial charge in [-0.3, -0.25) is 0 Å². The molecule has 1 atom stereocenters. The van der Waals surface area contributed by atoms with Crippen molar-refractivity contribution in [1.82, 2.24) is 5.32 Å². The Hall–Kier alpha value is -0.380. The molecule has 108 valence electrons. The molecule has 0 fully saturated rings. The molecule has 0 spiro atoms. The lowest BCUT2D eigenvalue weighted by atomic mass is 10.1. The molecule has 0 saturated heterocycles. The van der Waals surface area contributed by atoms with Crippen LogP contribution in [0.25, 0.3) is 0 Å². The minimum Gasteiger partial charge on any atom is -0.376 e. The monoisotopic (exact) mass is 256 g/mol. The third kappa shape index (κ3) is 12.1. The van der Waals surface area contributed by atoms with Gasteiger partial charge < -0.3 is 15.8 Å². The van der Waals surface area contributed by atoms with E-state index in [0.29, 0.717) is 19.2 Å². The van der Waals surface area contributed by atoms with E-state index in [1.54, 1.807) is 0 Å². The lowest BCUT2D eigenvalue weighted by Gasteiger charge is -2.16. The van der Waals surface area contributed by atoms with Crippen molar-refractivity contribution in [2.45, 2.75) is 58.4 Å². The van der Waals surface area contributed by atoms with Gasteiger partial charge >= 0.3 is 0 Å². The summed E-state index contributed by atoms with van der Waals surface area (Å²) in [5.41, 5.74) is 6.83. The maximum Gasteiger partial charge on any atom is 0.0672 e. The second-order valence-electron chi connectivity index (χ2n) is 5.10. The Morgan fingerprint density at radius 3 is 2.61 bits per heavy atom. The zero-order chi connectivity index (χ0) is 13.6. The van der Waals surface area contributed by atoms with Gasteiger partial charge in [-0.05, 0) is 13.3 Å². The predicted molar refractivity (Wildman–Crippen MR) is 79.9 cm³/mol. The molecule has 0 heterocycles. The topological polar surface area (TPSA) is 47.3 Å². The average molecular weight is 256 g/mol. The molecular weight excluding hydrogens is 224 g/mol. The van der Waals surface area contributed by atoms with Crippen LogP contribution in [0.15, 0.2) is 12.2 Å². The molecular formula is C15H32N2O. The fraction of sp³-hybridized carbons (Fsp3) is 0.867. The standard InChI is InChI=1S/C15H32N2O/c1-4-5-6-7-8-9-15(12-16)17-10-11-18-13-14(2)3/h15,17H,2,4-13,16H2,1,3H3. The maximum atomic E-state index is 5.76. The summed E-state index contributed by atoms with van der Waals surface area (Å²) >= 11 is 0. The highest BCUT2D eigenvalue weighted by molar-refractivity contribution is 4.87. The van der Waals surface area contributed by atoms with Crippen molar-refractivity contribution < 1.29 is 4.74 Å². The van der Waals surface area contributed by atoms with Gasteiger partial charge in [0.25, 0.3) is 0 Å². The molecule has 0 aromatic carbocycles. The van der Waals surface area contributed by atoms with E-state index in [1.165, 1.54) is 38.5 Å². The van der Waals surface area contributed by atoms with E-state index in [4.69, 9.17) is 10.5 Å². The van der Waals surface area contributed by atoms with Crippen molar-refractivity contribution in [1.29, 1.82) is 0 Å². The summed E-state index contributed by atoms with van der Waals surface area (Å²) in [6, 6.07) is 0.444. The average Bonchev–Trinajstić information content (AvgIpc) is 2.35. The number of nitrogens with two attached hydrogens (primary N) is 1. The normalized spacial score (nSPS) is 12.6. The van der Waals surface area contributed by atoms with Crippen molar-refractivity contribution >= 4 is 0 Å². The van der Waals surface area contributed by atoms with Gasteiger partial charge in [-0.1, -0.05) is 51.2 Å². The fourth-order valence-corrected chi connectivity index (χ4v) is 1.88. The van der Waals surface area contributed by atoms with E-state index in [2.05, 4.69) is 18.8 Å². The lowest BCUT2D eigenvalue weighted by Crippen LogP contribution is -2.38. The number of nitrogens with one attached hydrogen (secondary N) is 1. The van der Waals surface area contributed by atoms with E-state index in [9.17, 15) is 0 Å². The number of unbranched alkanes of at least 4 members (excludes halogenated alkanes) is 4. The number of hydrogen-bond donors (Lipinski definition) is 2. The molecule has 3 N–H and O–H groups in total. The van der Waals surface area contributed by atoms with Gasteiger partial charge in [-0.2, -0.15) is 0 Å². The Labute approximate surface area is 113 Å². The van der Waals surface area contributed by atoms with Crippen LogP contribution < -0.4 is 11.1 Å². The van der Waals surface area contributed by atoms with E-state index in [1.807, 2.05) is 6.92 Å². The van der Waals surface area contributed by atoms with Crippen LogP contribution in [0, 0.1) is 0 Å². The van der Waals surface area contributed by atoms with E-state index in [-0.39, 0.29) is 0 Å². The summed E-state index contributed by atoms with van der Waals surface area (Å²) in [6.45, 7) is 11.0. The molecule has 0 bridgehead atoms. The van der Waals surface area contributed by atoms with Crippen LogP contribution in [0.3, 0.4) is 0 Å². The molecule has 0 aliphatic heterocycles. The Morgan fingerprint density at radius 1 is 1.28 bits per heavy atom. The van der Waals surface area contributed by atoms with Crippen molar-refractivity contribution in [3.05, 3.63) is 12.2 Å². The maximum absolute atomic E-state index is 5.76. The smallest absolute Gasteiger partial charge is 0.0672 e. The molecule has 0 aromatic rings. The zero-order valence-corrected chi connectivity index (χ0v) is 12.3. The number of rotatable bonds is 13. The summed E-state index contributed by atoms with van der Waals surface area (Å²) in [7, 11) is 0. The molecule has 0 saturated carbocycles. The molecule has 0 rings (SSSR count). The lowest BCUT2D eigenvalue weighted by molar-refractivity contribution is 0.155. The Kier molecular flexibility index (Phi) is 12.8. The number of hydrogen-bond acceptors (Lipinski definition) is 3. The third-order valence-corrected chi connectivity index (χ3v) is 2.97. The van der Waals surface area contributed by atoms with E-state index >= 15 is 0 Å². The van der Waals surface area contributed by atoms with Gasteiger partial charge in [0.2, 0.25) is 0 Å². The molecule has 0 amide bonds.